The molecule has 3 heteroatoms. The summed E-state index contributed by atoms with van der Waals surface area (Å²) < 4.78 is 7.48. The Labute approximate surface area is 85.1 Å². The molecule has 3 nitrogen and oxygen atoms in total. The SMILES string of the molecule is CCc1cn(C2CCOCC2)nc1C. The van der Waals surface area contributed by atoms with E-state index >= 15 is 0 Å². The summed E-state index contributed by atoms with van der Waals surface area (Å²) in [6.07, 6.45) is 5.48. The second kappa shape index (κ2) is 4.13. The minimum absolute atomic E-state index is 0.558. The lowest BCUT2D eigenvalue weighted by Gasteiger charge is -2.22. The highest BCUT2D eigenvalue weighted by molar-refractivity contribution is 5.15. The lowest BCUT2D eigenvalue weighted by molar-refractivity contribution is 0.0661. The molecule has 0 radical (unpaired) electrons. The molecule has 0 spiro atoms. The zero-order valence-electron chi connectivity index (χ0n) is 8.99. The van der Waals surface area contributed by atoms with Gasteiger partial charge in [0.2, 0.25) is 0 Å². The Morgan fingerprint density at radius 1 is 1.50 bits per heavy atom. The first-order valence-corrected chi connectivity index (χ1v) is 5.43. The number of ether oxygens (including phenoxy) is 1. The van der Waals surface area contributed by atoms with E-state index in [1.807, 2.05) is 0 Å². The number of aryl methyl sites for hydroxylation is 2. The van der Waals surface area contributed by atoms with Crippen molar-refractivity contribution in [2.24, 2.45) is 0 Å². The maximum atomic E-state index is 5.34. The summed E-state index contributed by atoms with van der Waals surface area (Å²) in [5.41, 5.74) is 2.55. The third-order valence-electron chi connectivity index (χ3n) is 2.96. The molecule has 0 unspecified atom stereocenters. The molecule has 1 aliphatic heterocycles. The van der Waals surface area contributed by atoms with Gasteiger partial charge in [-0.2, -0.15) is 5.10 Å². The molecule has 1 aromatic heterocycles. The minimum Gasteiger partial charge on any atom is -0.381 e. The summed E-state index contributed by atoms with van der Waals surface area (Å²) in [5.74, 6) is 0. The van der Waals surface area contributed by atoms with Gasteiger partial charge in [0.15, 0.2) is 0 Å². The number of hydrogen-bond acceptors (Lipinski definition) is 2. The van der Waals surface area contributed by atoms with E-state index in [9.17, 15) is 0 Å². The van der Waals surface area contributed by atoms with Crippen molar-refractivity contribution in [1.82, 2.24) is 9.78 Å². The first-order chi connectivity index (χ1) is 6.81. The van der Waals surface area contributed by atoms with Gasteiger partial charge in [-0.25, -0.2) is 0 Å². The van der Waals surface area contributed by atoms with E-state index in [0.717, 1.165) is 32.5 Å². The summed E-state index contributed by atoms with van der Waals surface area (Å²) in [6, 6.07) is 0.558. The number of rotatable bonds is 2. The predicted octanol–water partition coefficient (Wildman–Crippen LogP) is 2.11. The molecule has 14 heavy (non-hydrogen) atoms. The number of nitrogens with zero attached hydrogens (tertiary/aromatic N) is 2. The Kier molecular flexibility index (Phi) is 2.87. The second-order valence-corrected chi connectivity index (χ2v) is 3.92. The standard InChI is InChI=1S/C11H18N2O/c1-3-10-8-13(12-9(10)2)11-4-6-14-7-5-11/h8,11H,3-7H2,1-2H3. The molecule has 0 amide bonds. The van der Waals surface area contributed by atoms with Crippen molar-refractivity contribution in [3.63, 3.8) is 0 Å². The Morgan fingerprint density at radius 3 is 2.79 bits per heavy atom. The molecule has 1 aliphatic rings. The van der Waals surface area contributed by atoms with Crippen LogP contribution in [0.4, 0.5) is 0 Å². The molecular weight excluding hydrogens is 176 g/mol. The van der Waals surface area contributed by atoms with Crippen LogP contribution < -0.4 is 0 Å². The van der Waals surface area contributed by atoms with E-state index in [1.165, 1.54) is 11.3 Å². The summed E-state index contributed by atoms with van der Waals surface area (Å²) >= 11 is 0. The molecule has 0 bridgehead atoms. The largest absolute Gasteiger partial charge is 0.381 e. The fourth-order valence-electron chi connectivity index (χ4n) is 2.00. The molecular formula is C11H18N2O. The van der Waals surface area contributed by atoms with E-state index in [1.54, 1.807) is 0 Å². The van der Waals surface area contributed by atoms with Crippen LogP contribution >= 0.6 is 0 Å². The molecule has 1 fully saturated rings. The van der Waals surface area contributed by atoms with Crippen LogP contribution in [0.5, 0.6) is 0 Å². The van der Waals surface area contributed by atoms with Gasteiger partial charge in [-0.15, -0.1) is 0 Å². The van der Waals surface area contributed by atoms with Gasteiger partial charge >= 0.3 is 0 Å². The van der Waals surface area contributed by atoms with Crippen molar-refractivity contribution in [1.29, 1.82) is 0 Å². The Bertz CT molecular complexity index is 300. The van der Waals surface area contributed by atoms with Crippen LogP contribution in [-0.4, -0.2) is 23.0 Å². The van der Waals surface area contributed by atoms with E-state index < -0.39 is 0 Å². The highest BCUT2D eigenvalue weighted by Crippen LogP contribution is 2.21. The molecule has 0 aliphatic carbocycles. The fourth-order valence-corrected chi connectivity index (χ4v) is 2.00. The lowest BCUT2D eigenvalue weighted by Crippen LogP contribution is -2.19. The Balaban J connectivity index is 2.14. The Hall–Kier alpha value is -0.830. The molecule has 0 saturated carbocycles. The molecule has 1 aromatic rings. The first-order valence-electron chi connectivity index (χ1n) is 5.43. The average molecular weight is 194 g/mol. The second-order valence-electron chi connectivity index (χ2n) is 3.92. The average Bonchev–Trinajstić information content (AvgIpc) is 2.61. The monoisotopic (exact) mass is 194 g/mol. The van der Waals surface area contributed by atoms with Crippen LogP contribution in [0.15, 0.2) is 6.20 Å². The maximum absolute atomic E-state index is 5.34. The summed E-state index contributed by atoms with van der Waals surface area (Å²) in [6.45, 7) is 6.03. The third-order valence-corrected chi connectivity index (χ3v) is 2.96. The van der Waals surface area contributed by atoms with E-state index in [0.29, 0.717) is 6.04 Å². The van der Waals surface area contributed by atoms with Crippen LogP contribution in [0, 0.1) is 6.92 Å². The molecule has 78 valence electrons. The van der Waals surface area contributed by atoms with Crippen LogP contribution in [0.25, 0.3) is 0 Å². The number of aromatic nitrogens is 2. The third kappa shape index (κ3) is 1.82. The lowest BCUT2D eigenvalue weighted by atomic mass is 10.1. The van der Waals surface area contributed by atoms with Crippen molar-refractivity contribution < 1.29 is 4.74 Å². The smallest absolute Gasteiger partial charge is 0.0625 e. The fraction of sp³-hybridized carbons (Fsp3) is 0.727. The van der Waals surface area contributed by atoms with Gasteiger partial charge in [0.05, 0.1) is 11.7 Å². The molecule has 2 rings (SSSR count). The van der Waals surface area contributed by atoms with Crippen molar-refractivity contribution in [2.45, 2.75) is 39.2 Å². The van der Waals surface area contributed by atoms with Gasteiger partial charge in [-0.1, -0.05) is 6.92 Å². The molecule has 0 N–H and O–H groups in total. The van der Waals surface area contributed by atoms with E-state index in [2.05, 4.69) is 29.8 Å². The molecule has 2 heterocycles. The van der Waals surface area contributed by atoms with Gasteiger partial charge in [-0.05, 0) is 31.7 Å². The molecule has 0 atom stereocenters. The highest BCUT2D eigenvalue weighted by Gasteiger charge is 2.17. The maximum Gasteiger partial charge on any atom is 0.0625 e. The van der Waals surface area contributed by atoms with Gasteiger partial charge < -0.3 is 4.74 Å². The Morgan fingerprint density at radius 2 is 2.21 bits per heavy atom. The zero-order valence-corrected chi connectivity index (χ0v) is 8.99. The summed E-state index contributed by atoms with van der Waals surface area (Å²) in [5, 5.41) is 4.57. The van der Waals surface area contributed by atoms with Crippen LogP contribution in [0.1, 0.15) is 37.1 Å². The van der Waals surface area contributed by atoms with Gasteiger partial charge in [0, 0.05) is 19.4 Å². The van der Waals surface area contributed by atoms with Crippen molar-refractivity contribution in [2.75, 3.05) is 13.2 Å². The van der Waals surface area contributed by atoms with Crippen LogP contribution in [0.2, 0.25) is 0 Å². The van der Waals surface area contributed by atoms with Gasteiger partial charge in [0.25, 0.3) is 0 Å². The topological polar surface area (TPSA) is 27.1 Å². The number of hydrogen-bond donors (Lipinski definition) is 0. The van der Waals surface area contributed by atoms with Gasteiger partial charge in [-0.3, -0.25) is 4.68 Å². The zero-order chi connectivity index (χ0) is 9.97. The summed E-state index contributed by atoms with van der Waals surface area (Å²) in [7, 11) is 0. The van der Waals surface area contributed by atoms with Crippen molar-refractivity contribution in [3.05, 3.63) is 17.5 Å². The first kappa shape index (κ1) is 9.71. The van der Waals surface area contributed by atoms with Crippen LogP contribution in [0.3, 0.4) is 0 Å². The van der Waals surface area contributed by atoms with Crippen molar-refractivity contribution in [3.8, 4) is 0 Å². The summed E-state index contributed by atoms with van der Waals surface area (Å²) in [4.78, 5) is 0. The van der Waals surface area contributed by atoms with E-state index in [-0.39, 0.29) is 0 Å². The minimum atomic E-state index is 0.558. The normalized spacial score (nSPS) is 18.7. The van der Waals surface area contributed by atoms with E-state index in [4.69, 9.17) is 4.74 Å². The highest BCUT2D eigenvalue weighted by atomic mass is 16.5. The predicted molar refractivity (Wildman–Crippen MR) is 55.4 cm³/mol. The molecule has 0 aromatic carbocycles. The van der Waals surface area contributed by atoms with Crippen LogP contribution in [-0.2, 0) is 11.2 Å². The molecule has 1 saturated heterocycles. The quantitative estimate of drug-likeness (QED) is 0.721. The van der Waals surface area contributed by atoms with Gasteiger partial charge in [0.1, 0.15) is 0 Å². The van der Waals surface area contributed by atoms with Crippen molar-refractivity contribution >= 4 is 0 Å².